The molecule has 2 saturated heterocycles. The van der Waals surface area contributed by atoms with Gasteiger partial charge in [0.05, 0.1) is 6.42 Å². The molecule has 4 rings (SSSR count). The van der Waals surface area contributed by atoms with Gasteiger partial charge in [-0.15, -0.1) is 0 Å². The fourth-order valence-electron chi connectivity index (χ4n) is 5.01. The van der Waals surface area contributed by atoms with Crippen LogP contribution in [0.15, 0.2) is 48.5 Å². The van der Waals surface area contributed by atoms with Gasteiger partial charge in [0.15, 0.2) is 0 Å². The molecule has 6 nitrogen and oxygen atoms in total. The van der Waals surface area contributed by atoms with E-state index in [4.69, 9.17) is 0 Å². The van der Waals surface area contributed by atoms with E-state index in [0.717, 1.165) is 31.0 Å². The molecule has 2 aliphatic rings. The Labute approximate surface area is 191 Å². The molecule has 2 N–H and O–H groups in total. The molecule has 2 fully saturated rings. The van der Waals surface area contributed by atoms with Gasteiger partial charge in [0.1, 0.15) is 17.2 Å². The number of hydrogen-bond acceptors (Lipinski definition) is 3. The number of hydrogen-bond donors (Lipinski definition) is 2. The first-order chi connectivity index (χ1) is 15.9. The van der Waals surface area contributed by atoms with Gasteiger partial charge in [0.25, 0.3) is 5.91 Å². The molecule has 1 atom stereocenters. The molecule has 0 bridgehead atoms. The van der Waals surface area contributed by atoms with Crippen molar-refractivity contribution in [2.24, 2.45) is 5.92 Å². The Hall–Kier alpha value is -3.29. The van der Waals surface area contributed by atoms with Crippen molar-refractivity contribution in [3.05, 3.63) is 71.3 Å². The number of urea groups is 1. The van der Waals surface area contributed by atoms with Gasteiger partial charge in [-0.1, -0.05) is 30.3 Å². The summed E-state index contributed by atoms with van der Waals surface area (Å²) in [5.41, 5.74) is 0.484. The van der Waals surface area contributed by atoms with Crippen LogP contribution in [-0.2, 0) is 22.4 Å². The number of halogens is 2. The van der Waals surface area contributed by atoms with E-state index in [2.05, 4.69) is 10.6 Å². The molecule has 0 radical (unpaired) electrons. The molecule has 174 valence electrons. The lowest BCUT2D eigenvalue weighted by molar-refractivity contribution is -0.133. The van der Waals surface area contributed by atoms with Crippen LogP contribution >= 0.6 is 0 Å². The molecule has 0 spiro atoms. The van der Waals surface area contributed by atoms with E-state index in [1.54, 1.807) is 4.90 Å². The van der Waals surface area contributed by atoms with Crippen LogP contribution in [0.5, 0.6) is 0 Å². The summed E-state index contributed by atoms with van der Waals surface area (Å²) >= 11 is 0. The summed E-state index contributed by atoms with van der Waals surface area (Å²) < 4.78 is 26.9. The highest BCUT2D eigenvalue weighted by molar-refractivity contribution is 6.07. The monoisotopic (exact) mass is 455 g/mol. The van der Waals surface area contributed by atoms with Crippen LogP contribution in [0.1, 0.15) is 36.8 Å². The third kappa shape index (κ3) is 5.21. The number of carbonyl (C=O) groups excluding carboxylic acids is 3. The van der Waals surface area contributed by atoms with Crippen LogP contribution < -0.4 is 10.6 Å². The number of nitrogens with one attached hydrogen (secondary N) is 2. The number of aryl methyl sites for hydroxylation is 1. The highest BCUT2D eigenvalue weighted by atomic mass is 19.1. The average molecular weight is 456 g/mol. The van der Waals surface area contributed by atoms with E-state index in [0.29, 0.717) is 37.9 Å². The topological polar surface area (TPSA) is 78.5 Å². The summed E-state index contributed by atoms with van der Waals surface area (Å²) in [7, 11) is 0. The number of likely N-dealkylation sites (tertiary alicyclic amines) is 1. The van der Waals surface area contributed by atoms with Gasteiger partial charge in [0, 0.05) is 19.2 Å². The lowest BCUT2D eigenvalue weighted by Gasteiger charge is -2.40. The van der Waals surface area contributed by atoms with E-state index in [9.17, 15) is 23.2 Å². The van der Waals surface area contributed by atoms with Crippen molar-refractivity contribution in [1.29, 1.82) is 0 Å². The van der Waals surface area contributed by atoms with Crippen molar-refractivity contribution in [3.63, 3.8) is 0 Å². The van der Waals surface area contributed by atoms with E-state index in [1.807, 2.05) is 30.3 Å². The number of nitrogens with zero attached hydrogens (tertiary/aromatic N) is 1. The number of carbonyl (C=O) groups is 3. The molecule has 1 unspecified atom stereocenters. The van der Waals surface area contributed by atoms with Gasteiger partial charge in [0.2, 0.25) is 5.91 Å². The third-order valence-electron chi connectivity index (χ3n) is 6.67. The third-order valence-corrected chi connectivity index (χ3v) is 6.67. The lowest BCUT2D eigenvalue weighted by Crippen LogP contribution is -2.56. The minimum Gasteiger partial charge on any atom is -0.342 e. The second-order valence-electron chi connectivity index (χ2n) is 8.83. The first-order valence-electron chi connectivity index (χ1n) is 11.3. The SMILES string of the molecule is O=C1NC(=O)C(CCCc2ccccc2)(C2CCN(C(=O)Cc3cc(F)cc(F)c3)CC2)N1. The molecule has 4 amide bonds. The Morgan fingerprint density at radius 1 is 1.00 bits per heavy atom. The number of rotatable bonds is 7. The largest absolute Gasteiger partial charge is 0.342 e. The van der Waals surface area contributed by atoms with E-state index in [1.165, 1.54) is 5.56 Å². The van der Waals surface area contributed by atoms with Crippen LogP contribution in [0, 0.1) is 17.6 Å². The summed E-state index contributed by atoms with van der Waals surface area (Å²) in [4.78, 5) is 39.2. The maximum absolute atomic E-state index is 13.4. The Kier molecular flexibility index (Phi) is 6.72. The van der Waals surface area contributed by atoms with Crippen LogP contribution in [-0.4, -0.2) is 41.4 Å². The molecule has 0 aliphatic carbocycles. The van der Waals surface area contributed by atoms with Gasteiger partial charge in [-0.25, -0.2) is 13.6 Å². The zero-order chi connectivity index (χ0) is 23.4. The molecular formula is C25H27F2N3O3. The maximum atomic E-state index is 13.4. The predicted molar refractivity (Wildman–Crippen MR) is 118 cm³/mol. The summed E-state index contributed by atoms with van der Waals surface area (Å²) in [6, 6.07) is 12.6. The van der Waals surface area contributed by atoms with Crippen molar-refractivity contribution < 1.29 is 23.2 Å². The molecule has 2 heterocycles. The maximum Gasteiger partial charge on any atom is 0.322 e. The van der Waals surface area contributed by atoms with Gasteiger partial charge in [-0.3, -0.25) is 14.9 Å². The summed E-state index contributed by atoms with van der Waals surface area (Å²) in [6.07, 6.45) is 3.08. The fraction of sp³-hybridized carbons (Fsp3) is 0.400. The Balaban J connectivity index is 1.38. The quantitative estimate of drug-likeness (QED) is 0.629. The van der Waals surface area contributed by atoms with Crippen LogP contribution in [0.3, 0.4) is 0 Å². The number of imide groups is 1. The highest BCUT2D eigenvalue weighted by Gasteiger charge is 2.51. The van der Waals surface area contributed by atoms with Gasteiger partial charge in [-0.2, -0.15) is 0 Å². The van der Waals surface area contributed by atoms with Gasteiger partial charge >= 0.3 is 6.03 Å². The summed E-state index contributed by atoms with van der Waals surface area (Å²) in [6.45, 7) is 0.843. The molecule has 2 aromatic carbocycles. The molecule has 2 aliphatic heterocycles. The summed E-state index contributed by atoms with van der Waals surface area (Å²) in [5, 5.41) is 5.27. The van der Waals surface area contributed by atoms with Crippen LogP contribution in [0.4, 0.5) is 13.6 Å². The average Bonchev–Trinajstić information content (AvgIpc) is 3.07. The number of benzene rings is 2. The second-order valence-corrected chi connectivity index (χ2v) is 8.83. The smallest absolute Gasteiger partial charge is 0.322 e. The standard InChI is InChI=1S/C25H27F2N3O3/c26-20-13-18(14-21(27)16-20)15-22(31)30-11-8-19(9-12-30)25(23(32)28-24(33)29-25)10-4-7-17-5-2-1-3-6-17/h1-3,5-6,13-14,16,19H,4,7-12,15H2,(H2,28,29,32,33). The highest BCUT2D eigenvalue weighted by Crippen LogP contribution is 2.35. The van der Waals surface area contributed by atoms with Crippen molar-refractivity contribution in [1.82, 2.24) is 15.5 Å². The normalized spacial score (nSPS) is 21.1. The Bertz CT molecular complexity index is 1020. The van der Waals surface area contributed by atoms with Crippen molar-refractivity contribution in [2.45, 2.75) is 44.1 Å². The number of piperidine rings is 1. The van der Waals surface area contributed by atoms with Crippen molar-refractivity contribution in [3.8, 4) is 0 Å². The minimum absolute atomic E-state index is 0.0845. The van der Waals surface area contributed by atoms with Crippen LogP contribution in [0.2, 0.25) is 0 Å². The Morgan fingerprint density at radius 2 is 1.67 bits per heavy atom. The fourth-order valence-corrected chi connectivity index (χ4v) is 5.01. The molecule has 0 saturated carbocycles. The lowest BCUT2D eigenvalue weighted by atomic mass is 9.74. The van der Waals surface area contributed by atoms with Crippen LogP contribution in [0.25, 0.3) is 0 Å². The van der Waals surface area contributed by atoms with Crippen molar-refractivity contribution >= 4 is 17.8 Å². The van der Waals surface area contributed by atoms with Crippen molar-refractivity contribution in [2.75, 3.05) is 13.1 Å². The first kappa shape index (κ1) is 22.9. The zero-order valence-corrected chi connectivity index (χ0v) is 18.3. The van der Waals surface area contributed by atoms with E-state index < -0.39 is 23.2 Å². The predicted octanol–water partition coefficient (Wildman–Crippen LogP) is 3.35. The minimum atomic E-state index is -0.979. The molecule has 0 aromatic heterocycles. The first-order valence-corrected chi connectivity index (χ1v) is 11.3. The van der Waals surface area contributed by atoms with Gasteiger partial charge in [-0.05, 0) is 61.3 Å². The number of amides is 4. The van der Waals surface area contributed by atoms with Gasteiger partial charge < -0.3 is 10.2 Å². The zero-order valence-electron chi connectivity index (χ0n) is 18.3. The van der Waals surface area contributed by atoms with E-state index >= 15 is 0 Å². The molecule has 8 heteroatoms. The second kappa shape index (κ2) is 9.68. The molecule has 2 aromatic rings. The molecule has 33 heavy (non-hydrogen) atoms. The molecular weight excluding hydrogens is 428 g/mol. The summed E-state index contributed by atoms with van der Waals surface area (Å²) in [5.74, 6) is -2.04. The van der Waals surface area contributed by atoms with E-state index in [-0.39, 0.29) is 24.2 Å². The Morgan fingerprint density at radius 3 is 2.27 bits per heavy atom.